The Morgan fingerprint density at radius 1 is 1.08 bits per heavy atom. The van der Waals surface area contributed by atoms with E-state index in [1.54, 1.807) is 7.11 Å². The number of amides is 2. The van der Waals surface area contributed by atoms with Crippen LogP contribution in [0.25, 0.3) is 0 Å². The fourth-order valence-electron chi connectivity index (χ4n) is 4.06. The molecule has 0 bridgehead atoms. The predicted octanol–water partition coefficient (Wildman–Crippen LogP) is 3.11. The summed E-state index contributed by atoms with van der Waals surface area (Å²) in [5.41, 5.74) is 1.40. The third-order valence-corrected chi connectivity index (χ3v) is 5.85. The van der Waals surface area contributed by atoms with Crippen molar-refractivity contribution >= 4 is 6.03 Å². The third kappa shape index (κ3) is 5.71. The first-order valence-corrected chi connectivity index (χ1v) is 10.1. The molecule has 2 aliphatic rings. The minimum absolute atomic E-state index is 0.0982. The summed E-state index contributed by atoms with van der Waals surface area (Å²) in [4.78, 5) is 16.7. The van der Waals surface area contributed by atoms with E-state index in [1.165, 1.54) is 18.4 Å². The molecule has 2 fully saturated rings. The molecule has 1 aromatic carbocycles. The number of benzene rings is 1. The summed E-state index contributed by atoms with van der Waals surface area (Å²) >= 11 is 0. The van der Waals surface area contributed by atoms with Gasteiger partial charge in [0.25, 0.3) is 0 Å². The van der Waals surface area contributed by atoms with Gasteiger partial charge in [-0.15, -0.1) is 0 Å². The number of carbonyl (C=O) groups excluding carboxylic acids is 1. The Kier molecular flexibility index (Phi) is 7.32. The van der Waals surface area contributed by atoms with Gasteiger partial charge in [-0.25, -0.2) is 4.79 Å². The third-order valence-electron chi connectivity index (χ3n) is 5.85. The standard InChI is InChI=1S/C21H33N3O2/c1-26-20-10-15-24(16-11-20)21(25)22-12-7-18-8-13-23(14-9-18)17-19-5-3-2-4-6-19/h2-6,18,20H,7-17H2,1H3,(H,22,25). The Labute approximate surface area is 157 Å². The molecule has 2 amide bonds. The maximum atomic E-state index is 12.3. The van der Waals surface area contributed by atoms with Gasteiger partial charge in [0.1, 0.15) is 0 Å². The maximum absolute atomic E-state index is 12.3. The van der Waals surface area contributed by atoms with E-state index in [1.807, 2.05) is 4.90 Å². The number of rotatable bonds is 6. The fraction of sp³-hybridized carbons (Fsp3) is 0.667. The van der Waals surface area contributed by atoms with Crippen molar-refractivity contribution in [2.24, 2.45) is 5.92 Å². The number of carbonyl (C=O) groups is 1. The largest absolute Gasteiger partial charge is 0.381 e. The van der Waals surface area contributed by atoms with Crippen LogP contribution in [0.5, 0.6) is 0 Å². The van der Waals surface area contributed by atoms with Crippen molar-refractivity contribution in [2.45, 2.75) is 44.8 Å². The first kappa shape index (κ1) is 19.2. The second-order valence-electron chi connectivity index (χ2n) is 7.65. The highest BCUT2D eigenvalue weighted by Crippen LogP contribution is 2.21. The number of ether oxygens (including phenoxy) is 1. The van der Waals surface area contributed by atoms with Gasteiger partial charge in [0, 0.05) is 33.3 Å². The van der Waals surface area contributed by atoms with Gasteiger partial charge in [-0.1, -0.05) is 30.3 Å². The number of likely N-dealkylation sites (tertiary alicyclic amines) is 2. The van der Waals surface area contributed by atoms with E-state index in [-0.39, 0.29) is 6.03 Å². The molecule has 3 rings (SSSR count). The van der Waals surface area contributed by atoms with E-state index >= 15 is 0 Å². The lowest BCUT2D eigenvalue weighted by Crippen LogP contribution is -2.46. The zero-order valence-corrected chi connectivity index (χ0v) is 16.0. The van der Waals surface area contributed by atoms with Crippen LogP contribution in [0.4, 0.5) is 4.79 Å². The van der Waals surface area contributed by atoms with Gasteiger partial charge < -0.3 is 15.0 Å². The van der Waals surface area contributed by atoms with Gasteiger partial charge in [0.15, 0.2) is 0 Å². The van der Waals surface area contributed by atoms with Crippen LogP contribution in [0.2, 0.25) is 0 Å². The molecule has 2 saturated heterocycles. The molecule has 0 radical (unpaired) electrons. The number of nitrogens with one attached hydrogen (secondary N) is 1. The van der Waals surface area contributed by atoms with Crippen LogP contribution >= 0.6 is 0 Å². The van der Waals surface area contributed by atoms with Crippen LogP contribution < -0.4 is 5.32 Å². The van der Waals surface area contributed by atoms with Crippen molar-refractivity contribution in [2.75, 3.05) is 39.8 Å². The number of hydrogen-bond acceptors (Lipinski definition) is 3. The molecule has 1 aromatic rings. The van der Waals surface area contributed by atoms with Crippen LogP contribution in [0.15, 0.2) is 30.3 Å². The normalized spacial score (nSPS) is 20.3. The lowest BCUT2D eigenvalue weighted by atomic mass is 9.93. The van der Waals surface area contributed by atoms with Crippen molar-refractivity contribution in [3.05, 3.63) is 35.9 Å². The van der Waals surface area contributed by atoms with E-state index in [2.05, 4.69) is 40.5 Å². The Hall–Kier alpha value is -1.59. The second-order valence-corrected chi connectivity index (χ2v) is 7.65. The van der Waals surface area contributed by atoms with Gasteiger partial charge in [0.05, 0.1) is 6.10 Å². The first-order chi connectivity index (χ1) is 12.7. The monoisotopic (exact) mass is 359 g/mol. The quantitative estimate of drug-likeness (QED) is 0.849. The topological polar surface area (TPSA) is 44.8 Å². The molecule has 5 nitrogen and oxygen atoms in total. The van der Waals surface area contributed by atoms with Crippen LogP contribution in [0.1, 0.15) is 37.7 Å². The first-order valence-electron chi connectivity index (χ1n) is 10.1. The summed E-state index contributed by atoms with van der Waals surface area (Å²) in [6.45, 7) is 5.80. The smallest absolute Gasteiger partial charge is 0.317 e. The van der Waals surface area contributed by atoms with E-state index < -0.39 is 0 Å². The van der Waals surface area contributed by atoms with Gasteiger partial charge in [0.2, 0.25) is 0 Å². The van der Waals surface area contributed by atoms with Crippen molar-refractivity contribution in [3.8, 4) is 0 Å². The summed E-state index contributed by atoms with van der Waals surface area (Å²) in [5.74, 6) is 0.738. The Morgan fingerprint density at radius 2 is 1.77 bits per heavy atom. The molecular weight excluding hydrogens is 326 g/mol. The van der Waals surface area contributed by atoms with Crippen molar-refractivity contribution in [3.63, 3.8) is 0 Å². The highest BCUT2D eigenvalue weighted by molar-refractivity contribution is 5.74. The van der Waals surface area contributed by atoms with Crippen molar-refractivity contribution in [1.29, 1.82) is 0 Å². The number of methoxy groups -OCH3 is 1. The number of nitrogens with zero attached hydrogens (tertiary/aromatic N) is 2. The summed E-state index contributed by atoms with van der Waals surface area (Å²) < 4.78 is 5.36. The molecule has 0 aromatic heterocycles. The molecular formula is C21H33N3O2. The summed E-state index contributed by atoms with van der Waals surface area (Å²) in [6.07, 6.45) is 5.79. The molecule has 0 aliphatic carbocycles. The minimum atomic E-state index is 0.0982. The van der Waals surface area contributed by atoms with Crippen LogP contribution in [0, 0.1) is 5.92 Å². The molecule has 0 unspecified atom stereocenters. The van der Waals surface area contributed by atoms with E-state index in [0.717, 1.165) is 64.4 Å². The Bertz CT molecular complexity index is 535. The molecule has 5 heteroatoms. The van der Waals surface area contributed by atoms with E-state index in [0.29, 0.717) is 6.10 Å². The van der Waals surface area contributed by atoms with Gasteiger partial charge in [-0.3, -0.25) is 4.90 Å². The van der Waals surface area contributed by atoms with Gasteiger partial charge in [-0.05, 0) is 56.7 Å². The molecule has 1 N–H and O–H groups in total. The maximum Gasteiger partial charge on any atom is 0.317 e. The minimum Gasteiger partial charge on any atom is -0.381 e. The molecule has 0 saturated carbocycles. The molecule has 2 aliphatic heterocycles. The average Bonchev–Trinajstić information content (AvgIpc) is 2.70. The van der Waals surface area contributed by atoms with E-state index in [9.17, 15) is 4.79 Å². The zero-order chi connectivity index (χ0) is 18.2. The zero-order valence-electron chi connectivity index (χ0n) is 16.0. The van der Waals surface area contributed by atoms with Gasteiger partial charge in [-0.2, -0.15) is 0 Å². The highest BCUT2D eigenvalue weighted by atomic mass is 16.5. The second kappa shape index (κ2) is 9.93. The fourth-order valence-corrected chi connectivity index (χ4v) is 4.06. The average molecular weight is 360 g/mol. The highest BCUT2D eigenvalue weighted by Gasteiger charge is 2.23. The van der Waals surface area contributed by atoms with E-state index in [4.69, 9.17) is 4.74 Å². The number of piperidine rings is 2. The van der Waals surface area contributed by atoms with Crippen LogP contribution in [0.3, 0.4) is 0 Å². The summed E-state index contributed by atoms with van der Waals surface area (Å²) in [6, 6.07) is 10.8. The molecule has 2 heterocycles. The van der Waals surface area contributed by atoms with Crippen molar-refractivity contribution < 1.29 is 9.53 Å². The molecule has 0 spiro atoms. The molecule has 144 valence electrons. The Morgan fingerprint density at radius 3 is 2.42 bits per heavy atom. The molecule has 26 heavy (non-hydrogen) atoms. The van der Waals surface area contributed by atoms with Crippen molar-refractivity contribution in [1.82, 2.24) is 15.1 Å². The van der Waals surface area contributed by atoms with Gasteiger partial charge >= 0.3 is 6.03 Å². The van der Waals surface area contributed by atoms with Crippen LogP contribution in [-0.2, 0) is 11.3 Å². The lowest BCUT2D eigenvalue weighted by Gasteiger charge is -2.33. The summed E-state index contributed by atoms with van der Waals surface area (Å²) in [7, 11) is 1.76. The SMILES string of the molecule is COC1CCN(C(=O)NCCC2CCN(Cc3ccccc3)CC2)CC1. The predicted molar refractivity (Wildman–Crippen MR) is 104 cm³/mol. The number of urea groups is 1. The Balaban J connectivity index is 1.29. The lowest BCUT2D eigenvalue weighted by molar-refractivity contribution is 0.0503. The molecule has 0 atom stereocenters. The number of hydrogen-bond donors (Lipinski definition) is 1. The summed E-state index contributed by atoms with van der Waals surface area (Å²) in [5, 5.41) is 3.12. The van der Waals surface area contributed by atoms with Crippen LogP contribution in [-0.4, -0.2) is 61.8 Å².